The number of carbonyl (C=O) groups is 1. The van der Waals surface area contributed by atoms with Gasteiger partial charge in [-0.3, -0.25) is 4.79 Å². The van der Waals surface area contributed by atoms with Crippen LogP contribution in [0.3, 0.4) is 0 Å². The maximum Gasteiger partial charge on any atom is 0.224 e. The third-order valence-corrected chi connectivity index (χ3v) is 5.09. The molecule has 0 aliphatic carbocycles. The number of amides is 1. The molecule has 0 aliphatic rings. The lowest BCUT2D eigenvalue weighted by Crippen LogP contribution is -2.12. The topological polar surface area (TPSA) is 60.1 Å². The minimum atomic E-state index is -0.0525. The molecule has 4 rings (SSSR count). The van der Waals surface area contributed by atoms with Crippen LogP contribution in [0.25, 0.3) is 16.7 Å². The van der Waals surface area contributed by atoms with Crippen LogP contribution >= 0.6 is 11.6 Å². The number of benzene rings is 2. The van der Waals surface area contributed by atoms with Crippen molar-refractivity contribution in [3.63, 3.8) is 0 Å². The third kappa shape index (κ3) is 4.20. The largest absolute Gasteiger partial charge is 0.460 e. The van der Waals surface area contributed by atoms with Crippen LogP contribution in [0.1, 0.15) is 29.1 Å². The van der Waals surface area contributed by atoms with Crippen molar-refractivity contribution in [1.82, 2.24) is 9.78 Å². The van der Waals surface area contributed by atoms with Crippen molar-refractivity contribution in [2.75, 3.05) is 5.32 Å². The molecule has 2 heterocycles. The van der Waals surface area contributed by atoms with E-state index >= 15 is 0 Å². The van der Waals surface area contributed by atoms with Crippen molar-refractivity contribution in [2.45, 2.75) is 33.6 Å². The number of rotatable bonds is 5. The van der Waals surface area contributed by atoms with E-state index in [9.17, 15) is 4.79 Å². The summed E-state index contributed by atoms with van der Waals surface area (Å²) in [4.78, 5) is 12.4. The number of nitrogens with zero attached hydrogens (tertiary/aromatic N) is 2. The van der Waals surface area contributed by atoms with Gasteiger partial charge in [-0.25, -0.2) is 4.68 Å². The molecule has 0 saturated heterocycles. The van der Waals surface area contributed by atoms with Gasteiger partial charge in [0, 0.05) is 23.2 Å². The lowest BCUT2D eigenvalue weighted by molar-refractivity contribution is -0.116. The zero-order valence-electron chi connectivity index (χ0n) is 16.6. The van der Waals surface area contributed by atoms with Crippen molar-refractivity contribution < 1.29 is 9.21 Å². The van der Waals surface area contributed by atoms with Crippen molar-refractivity contribution in [3.8, 4) is 5.69 Å². The average molecular weight is 408 g/mol. The summed E-state index contributed by atoms with van der Waals surface area (Å²) in [5.74, 6) is 0.734. The number of furan rings is 1. The third-order valence-electron chi connectivity index (χ3n) is 4.81. The zero-order chi connectivity index (χ0) is 20.5. The van der Waals surface area contributed by atoms with Gasteiger partial charge in [0.15, 0.2) is 5.58 Å². The predicted octanol–water partition coefficient (Wildman–Crippen LogP) is 5.77. The van der Waals surface area contributed by atoms with Gasteiger partial charge in [-0.1, -0.05) is 23.7 Å². The number of nitrogens with one attached hydrogen (secondary N) is 1. The Morgan fingerprint density at radius 2 is 1.86 bits per heavy atom. The summed E-state index contributed by atoms with van der Waals surface area (Å²) in [5.41, 5.74) is 5.52. The minimum Gasteiger partial charge on any atom is -0.460 e. The molecule has 0 bridgehead atoms. The van der Waals surface area contributed by atoms with Gasteiger partial charge in [0.05, 0.1) is 16.4 Å². The molecule has 148 valence electrons. The first-order valence-electron chi connectivity index (χ1n) is 9.51. The number of hydrogen-bond donors (Lipinski definition) is 1. The molecule has 1 amide bonds. The van der Waals surface area contributed by atoms with E-state index in [0.717, 1.165) is 33.8 Å². The molecule has 0 atom stereocenters. The molecule has 4 aromatic rings. The van der Waals surface area contributed by atoms with E-state index in [1.54, 1.807) is 6.07 Å². The van der Waals surface area contributed by atoms with Crippen LogP contribution < -0.4 is 5.32 Å². The first kappa shape index (κ1) is 19.3. The number of halogens is 1. The summed E-state index contributed by atoms with van der Waals surface area (Å²) in [6.45, 7) is 5.89. The van der Waals surface area contributed by atoms with E-state index in [0.29, 0.717) is 29.1 Å². The quantitative estimate of drug-likeness (QED) is 0.457. The van der Waals surface area contributed by atoms with Crippen LogP contribution in [-0.2, 0) is 11.2 Å². The van der Waals surface area contributed by atoms with Crippen LogP contribution in [0.4, 0.5) is 5.69 Å². The molecule has 0 fully saturated rings. The van der Waals surface area contributed by atoms with E-state index in [1.165, 1.54) is 0 Å². The monoisotopic (exact) mass is 407 g/mol. The van der Waals surface area contributed by atoms with Gasteiger partial charge >= 0.3 is 0 Å². The fourth-order valence-electron chi connectivity index (χ4n) is 3.49. The molecule has 2 aromatic heterocycles. The van der Waals surface area contributed by atoms with E-state index < -0.39 is 0 Å². The molecular weight excluding hydrogens is 386 g/mol. The predicted molar refractivity (Wildman–Crippen MR) is 116 cm³/mol. The van der Waals surface area contributed by atoms with Crippen LogP contribution in [0.5, 0.6) is 0 Å². The van der Waals surface area contributed by atoms with Crippen LogP contribution in [-0.4, -0.2) is 15.7 Å². The second-order valence-electron chi connectivity index (χ2n) is 7.29. The molecule has 0 aliphatic heterocycles. The summed E-state index contributed by atoms with van der Waals surface area (Å²) < 4.78 is 7.48. The molecule has 6 heteroatoms. The minimum absolute atomic E-state index is 0.0525. The fraction of sp³-hybridized carbons (Fsp3) is 0.217. The molecule has 0 spiro atoms. The molecule has 29 heavy (non-hydrogen) atoms. The summed E-state index contributed by atoms with van der Waals surface area (Å²) in [5, 5.41) is 8.79. The fourth-order valence-corrected chi connectivity index (χ4v) is 3.75. The second-order valence-corrected chi connectivity index (χ2v) is 7.69. The lowest BCUT2D eigenvalue weighted by atomic mass is 10.1. The first-order chi connectivity index (χ1) is 13.9. The number of fused-ring (bicyclic) bond motifs is 1. The summed E-state index contributed by atoms with van der Waals surface area (Å²) in [6, 6.07) is 15.7. The summed E-state index contributed by atoms with van der Waals surface area (Å²) in [6.07, 6.45) is 1.04. The van der Waals surface area contributed by atoms with Crippen molar-refractivity contribution in [2.24, 2.45) is 0 Å². The molecule has 2 aromatic carbocycles. The van der Waals surface area contributed by atoms with Gasteiger partial charge < -0.3 is 9.73 Å². The lowest BCUT2D eigenvalue weighted by Gasteiger charge is -2.08. The Labute approximate surface area is 174 Å². The van der Waals surface area contributed by atoms with Gasteiger partial charge in [-0.15, -0.1) is 0 Å². The Morgan fingerprint density at radius 3 is 2.55 bits per heavy atom. The second kappa shape index (κ2) is 7.76. The Balaban J connectivity index is 1.39. The maximum absolute atomic E-state index is 12.4. The Kier molecular flexibility index (Phi) is 5.16. The Bertz CT molecular complexity index is 1190. The SMILES string of the molecule is Cc1cc(C)n(-c2ccc(CCC(=O)Nc3cc(Cl)c4oc(C)cc4c3)cc2)n1. The smallest absolute Gasteiger partial charge is 0.224 e. The normalized spacial score (nSPS) is 11.2. The summed E-state index contributed by atoms with van der Waals surface area (Å²) >= 11 is 6.26. The van der Waals surface area contributed by atoms with E-state index in [4.69, 9.17) is 16.0 Å². The molecule has 0 radical (unpaired) electrons. The number of hydrogen-bond acceptors (Lipinski definition) is 3. The molecule has 0 unspecified atom stereocenters. The Morgan fingerprint density at radius 1 is 1.10 bits per heavy atom. The number of anilines is 1. The van der Waals surface area contributed by atoms with E-state index in [-0.39, 0.29) is 5.91 Å². The molecule has 1 N–H and O–H groups in total. The number of aromatic nitrogens is 2. The van der Waals surface area contributed by atoms with E-state index in [2.05, 4.69) is 10.4 Å². The maximum atomic E-state index is 12.4. The number of aryl methyl sites for hydroxylation is 4. The van der Waals surface area contributed by atoms with Crippen molar-refractivity contribution in [1.29, 1.82) is 0 Å². The highest BCUT2D eigenvalue weighted by Gasteiger charge is 2.10. The molecular formula is C23H22ClN3O2. The van der Waals surface area contributed by atoms with Gasteiger partial charge in [-0.2, -0.15) is 5.10 Å². The summed E-state index contributed by atoms with van der Waals surface area (Å²) in [7, 11) is 0. The van der Waals surface area contributed by atoms with Gasteiger partial charge in [-0.05, 0) is 69.2 Å². The standard InChI is InChI=1S/C23H22ClN3O2/c1-14-10-15(2)27(26-14)20-7-4-17(5-8-20)6-9-22(28)25-19-12-18-11-16(3)29-23(18)21(24)13-19/h4-5,7-8,10-13H,6,9H2,1-3H3,(H,25,28). The van der Waals surface area contributed by atoms with Crippen molar-refractivity contribution in [3.05, 3.63) is 76.3 Å². The highest BCUT2D eigenvalue weighted by molar-refractivity contribution is 6.35. The van der Waals surface area contributed by atoms with Gasteiger partial charge in [0.1, 0.15) is 5.76 Å². The van der Waals surface area contributed by atoms with E-state index in [1.807, 2.05) is 67.9 Å². The highest BCUT2D eigenvalue weighted by atomic mass is 35.5. The highest BCUT2D eigenvalue weighted by Crippen LogP contribution is 2.30. The Hall–Kier alpha value is -3.05. The van der Waals surface area contributed by atoms with Crippen LogP contribution in [0, 0.1) is 20.8 Å². The van der Waals surface area contributed by atoms with Crippen LogP contribution in [0.2, 0.25) is 5.02 Å². The average Bonchev–Trinajstić information content (AvgIpc) is 3.21. The van der Waals surface area contributed by atoms with Crippen LogP contribution in [0.15, 0.2) is 52.9 Å². The zero-order valence-corrected chi connectivity index (χ0v) is 17.4. The van der Waals surface area contributed by atoms with Gasteiger partial charge in [0.25, 0.3) is 0 Å². The molecule has 5 nitrogen and oxygen atoms in total. The number of carbonyl (C=O) groups excluding carboxylic acids is 1. The first-order valence-corrected chi connectivity index (χ1v) is 9.89. The van der Waals surface area contributed by atoms with Crippen molar-refractivity contribution >= 4 is 34.2 Å². The molecule has 0 saturated carbocycles. The van der Waals surface area contributed by atoms with Gasteiger partial charge in [0.2, 0.25) is 5.91 Å².